The van der Waals surface area contributed by atoms with Gasteiger partial charge in [0, 0.05) is 24.5 Å². The first-order valence-corrected chi connectivity index (χ1v) is 7.21. The van der Waals surface area contributed by atoms with Gasteiger partial charge in [0.25, 0.3) is 0 Å². The van der Waals surface area contributed by atoms with Crippen LogP contribution in [0.25, 0.3) is 11.4 Å². The van der Waals surface area contributed by atoms with E-state index in [0.717, 1.165) is 49.4 Å². The summed E-state index contributed by atoms with van der Waals surface area (Å²) in [4.78, 5) is 8.76. The second-order valence-corrected chi connectivity index (χ2v) is 5.53. The molecule has 3 rings (SSSR count). The van der Waals surface area contributed by atoms with Crippen LogP contribution in [0.2, 0.25) is 0 Å². The molecule has 0 aliphatic carbocycles. The maximum Gasteiger partial charge on any atom is 0.234 e. The van der Waals surface area contributed by atoms with Gasteiger partial charge in [0.15, 0.2) is 0 Å². The lowest BCUT2D eigenvalue weighted by atomic mass is 9.78. The highest BCUT2D eigenvalue weighted by Crippen LogP contribution is 2.34. The van der Waals surface area contributed by atoms with E-state index in [0.29, 0.717) is 5.82 Å². The zero-order chi connectivity index (χ0) is 14.0. The number of hydrogen-bond acceptors (Lipinski definition) is 5. The number of nitrogens with one attached hydrogen (secondary N) is 1. The van der Waals surface area contributed by atoms with E-state index in [4.69, 9.17) is 4.52 Å². The highest BCUT2D eigenvalue weighted by molar-refractivity contribution is 5.58. The Hall–Kier alpha value is -1.75. The minimum Gasteiger partial charge on any atom is -0.338 e. The Balaban J connectivity index is 1.95. The van der Waals surface area contributed by atoms with E-state index in [1.165, 1.54) is 0 Å². The summed E-state index contributed by atoms with van der Waals surface area (Å²) in [6, 6.07) is 1.93. The number of hydrogen-bond donors (Lipinski definition) is 1. The lowest BCUT2D eigenvalue weighted by Crippen LogP contribution is -2.43. The Labute approximate surface area is 118 Å². The van der Waals surface area contributed by atoms with Crippen LogP contribution >= 0.6 is 0 Å². The third-order valence-electron chi connectivity index (χ3n) is 4.29. The van der Waals surface area contributed by atoms with Crippen LogP contribution in [0.4, 0.5) is 0 Å². The Morgan fingerprint density at radius 3 is 3.05 bits per heavy atom. The fraction of sp³-hybridized carbons (Fsp3) is 0.533. The van der Waals surface area contributed by atoms with Crippen molar-refractivity contribution in [2.45, 2.75) is 38.5 Å². The van der Waals surface area contributed by atoms with E-state index in [-0.39, 0.29) is 5.41 Å². The Kier molecular flexibility index (Phi) is 3.53. The largest absolute Gasteiger partial charge is 0.338 e. The molecule has 5 nitrogen and oxygen atoms in total. The summed E-state index contributed by atoms with van der Waals surface area (Å²) in [7, 11) is 0. The van der Waals surface area contributed by atoms with Crippen LogP contribution in [-0.4, -0.2) is 28.2 Å². The third-order valence-corrected chi connectivity index (χ3v) is 4.29. The average molecular weight is 272 g/mol. The van der Waals surface area contributed by atoms with Crippen molar-refractivity contribution in [3.63, 3.8) is 0 Å². The summed E-state index contributed by atoms with van der Waals surface area (Å²) in [5.74, 6) is 1.43. The van der Waals surface area contributed by atoms with Gasteiger partial charge in [-0.3, -0.25) is 4.98 Å². The van der Waals surface area contributed by atoms with E-state index in [1.807, 2.05) is 19.2 Å². The summed E-state index contributed by atoms with van der Waals surface area (Å²) in [5.41, 5.74) is 2.04. The molecule has 106 valence electrons. The second kappa shape index (κ2) is 5.32. The normalized spacial score (nSPS) is 22.9. The molecule has 0 aromatic carbocycles. The lowest BCUT2D eigenvalue weighted by molar-refractivity contribution is 0.221. The van der Waals surface area contributed by atoms with Gasteiger partial charge in [-0.2, -0.15) is 4.98 Å². The van der Waals surface area contributed by atoms with Gasteiger partial charge in [0.2, 0.25) is 11.7 Å². The molecule has 0 amide bonds. The molecule has 1 atom stereocenters. The Bertz CT molecular complexity index is 587. The number of nitrogens with zero attached hydrogens (tertiary/aromatic N) is 3. The van der Waals surface area contributed by atoms with Crippen LogP contribution in [-0.2, 0) is 5.41 Å². The van der Waals surface area contributed by atoms with Crippen molar-refractivity contribution < 1.29 is 4.52 Å². The van der Waals surface area contributed by atoms with Gasteiger partial charge in [0.05, 0.1) is 5.41 Å². The third kappa shape index (κ3) is 2.22. The predicted molar refractivity (Wildman–Crippen MR) is 76.3 cm³/mol. The van der Waals surface area contributed by atoms with Gasteiger partial charge in [-0.15, -0.1) is 0 Å². The summed E-state index contributed by atoms with van der Waals surface area (Å²) >= 11 is 0. The van der Waals surface area contributed by atoms with Crippen molar-refractivity contribution in [2.24, 2.45) is 0 Å². The number of aryl methyl sites for hydroxylation is 1. The standard InChI is InChI=1S/C15H20N4O/c1-3-15(6-4-7-17-10-15)14-18-13(19-20-14)12-5-8-16-9-11(12)2/h5,8-9,17H,3-4,6-7,10H2,1-2H3. The monoisotopic (exact) mass is 272 g/mol. The highest BCUT2D eigenvalue weighted by Gasteiger charge is 2.37. The molecule has 3 heterocycles. The van der Waals surface area contributed by atoms with E-state index in [9.17, 15) is 0 Å². The topological polar surface area (TPSA) is 63.8 Å². The number of rotatable bonds is 3. The van der Waals surface area contributed by atoms with Crippen LogP contribution in [0.1, 0.15) is 37.6 Å². The molecule has 0 spiro atoms. The first-order valence-electron chi connectivity index (χ1n) is 7.21. The first kappa shape index (κ1) is 13.2. The van der Waals surface area contributed by atoms with Gasteiger partial charge < -0.3 is 9.84 Å². The van der Waals surface area contributed by atoms with Crippen LogP contribution < -0.4 is 5.32 Å². The molecule has 20 heavy (non-hydrogen) atoms. The van der Waals surface area contributed by atoms with Crippen LogP contribution in [0.15, 0.2) is 23.0 Å². The molecule has 2 aromatic heterocycles. The first-order chi connectivity index (χ1) is 9.75. The molecular formula is C15H20N4O. The van der Waals surface area contributed by atoms with Gasteiger partial charge in [-0.05, 0) is 44.4 Å². The molecule has 0 saturated carbocycles. The van der Waals surface area contributed by atoms with E-state index >= 15 is 0 Å². The second-order valence-electron chi connectivity index (χ2n) is 5.53. The molecule has 5 heteroatoms. The van der Waals surface area contributed by atoms with Gasteiger partial charge in [-0.1, -0.05) is 12.1 Å². The number of pyridine rings is 1. The number of aromatic nitrogens is 3. The molecule has 0 radical (unpaired) electrons. The summed E-state index contributed by atoms with van der Waals surface area (Å²) in [6.07, 6.45) is 6.85. The summed E-state index contributed by atoms with van der Waals surface area (Å²) < 4.78 is 5.59. The smallest absolute Gasteiger partial charge is 0.234 e. The van der Waals surface area contributed by atoms with Crippen LogP contribution in [0.3, 0.4) is 0 Å². The van der Waals surface area contributed by atoms with Crippen LogP contribution in [0, 0.1) is 6.92 Å². The minimum absolute atomic E-state index is 0.00949. The summed E-state index contributed by atoms with van der Waals surface area (Å²) in [5, 5.41) is 7.62. The average Bonchev–Trinajstić information content (AvgIpc) is 2.98. The molecule has 1 fully saturated rings. The fourth-order valence-corrected chi connectivity index (χ4v) is 2.88. The number of piperidine rings is 1. The van der Waals surface area contributed by atoms with Gasteiger partial charge in [0.1, 0.15) is 0 Å². The zero-order valence-electron chi connectivity index (χ0n) is 12.0. The molecule has 1 saturated heterocycles. The van der Waals surface area contributed by atoms with Crippen molar-refractivity contribution in [3.8, 4) is 11.4 Å². The SMILES string of the molecule is CCC1(c2nc(-c3ccncc3C)no2)CCCNC1. The van der Waals surface area contributed by atoms with Crippen molar-refractivity contribution in [1.82, 2.24) is 20.4 Å². The van der Waals surface area contributed by atoms with E-state index in [1.54, 1.807) is 6.20 Å². The lowest BCUT2D eigenvalue weighted by Gasteiger charge is -2.33. The maximum absolute atomic E-state index is 5.59. The zero-order valence-corrected chi connectivity index (χ0v) is 12.0. The molecule has 0 bridgehead atoms. The molecule has 1 aliphatic heterocycles. The Morgan fingerprint density at radius 1 is 1.45 bits per heavy atom. The van der Waals surface area contributed by atoms with Crippen molar-refractivity contribution in [2.75, 3.05) is 13.1 Å². The van der Waals surface area contributed by atoms with Crippen molar-refractivity contribution >= 4 is 0 Å². The molecule has 1 N–H and O–H groups in total. The predicted octanol–water partition coefficient (Wildman–Crippen LogP) is 2.47. The minimum atomic E-state index is -0.00949. The van der Waals surface area contributed by atoms with E-state index in [2.05, 4.69) is 27.4 Å². The molecule has 1 aliphatic rings. The van der Waals surface area contributed by atoms with Gasteiger partial charge >= 0.3 is 0 Å². The molecule has 2 aromatic rings. The quantitative estimate of drug-likeness (QED) is 0.930. The highest BCUT2D eigenvalue weighted by atomic mass is 16.5. The van der Waals surface area contributed by atoms with E-state index < -0.39 is 0 Å². The molecular weight excluding hydrogens is 252 g/mol. The Morgan fingerprint density at radius 2 is 2.35 bits per heavy atom. The van der Waals surface area contributed by atoms with Crippen molar-refractivity contribution in [3.05, 3.63) is 29.9 Å². The summed E-state index contributed by atoms with van der Waals surface area (Å²) in [6.45, 7) is 6.19. The fourth-order valence-electron chi connectivity index (χ4n) is 2.88. The van der Waals surface area contributed by atoms with Gasteiger partial charge in [-0.25, -0.2) is 0 Å². The van der Waals surface area contributed by atoms with Crippen molar-refractivity contribution in [1.29, 1.82) is 0 Å². The molecule has 1 unspecified atom stereocenters. The van der Waals surface area contributed by atoms with Crippen LogP contribution in [0.5, 0.6) is 0 Å². The maximum atomic E-state index is 5.59.